The lowest BCUT2D eigenvalue weighted by molar-refractivity contribution is -0.150. The molecule has 1 aliphatic carbocycles. The highest BCUT2D eigenvalue weighted by Gasteiger charge is 2.47. The standard InChI is InChI=1S/C12H16O3/c1-2-6-9-10(13)12(15-11(9)14)7-4-3-5-8-12/h2,13H,1,3-8H2. The molecule has 0 atom stereocenters. The molecule has 1 heterocycles. The average molecular weight is 208 g/mol. The van der Waals surface area contributed by atoms with Crippen molar-refractivity contribution in [1.82, 2.24) is 0 Å². The van der Waals surface area contributed by atoms with Crippen molar-refractivity contribution in [3.63, 3.8) is 0 Å². The van der Waals surface area contributed by atoms with Gasteiger partial charge in [-0.2, -0.15) is 0 Å². The third-order valence-electron chi connectivity index (χ3n) is 3.26. The van der Waals surface area contributed by atoms with Gasteiger partial charge >= 0.3 is 5.97 Å². The molecule has 3 heteroatoms. The quantitative estimate of drug-likeness (QED) is 0.560. The number of aliphatic hydroxyl groups is 1. The maximum Gasteiger partial charge on any atom is 0.338 e. The van der Waals surface area contributed by atoms with Crippen LogP contribution in [0, 0.1) is 0 Å². The van der Waals surface area contributed by atoms with Crippen molar-refractivity contribution >= 4 is 5.97 Å². The summed E-state index contributed by atoms with van der Waals surface area (Å²) in [4.78, 5) is 11.6. The Morgan fingerprint density at radius 3 is 2.67 bits per heavy atom. The Labute approximate surface area is 89.4 Å². The molecular weight excluding hydrogens is 192 g/mol. The van der Waals surface area contributed by atoms with E-state index in [1.54, 1.807) is 6.08 Å². The maximum absolute atomic E-state index is 11.6. The van der Waals surface area contributed by atoms with E-state index < -0.39 is 5.60 Å². The van der Waals surface area contributed by atoms with Crippen LogP contribution in [-0.4, -0.2) is 16.7 Å². The van der Waals surface area contributed by atoms with Gasteiger partial charge in [0.15, 0.2) is 5.60 Å². The molecule has 0 bridgehead atoms. The smallest absolute Gasteiger partial charge is 0.338 e. The number of allylic oxidation sites excluding steroid dienone is 1. The average Bonchev–Trinajstić information content (AvgIpc) is 2.45. The van der Waals surface area contributed by atoms with Crippen LogP contribution in [-0.2, 0) is 9.53 Å². The van der Waals surface area contributed by atoms with E-state index in [9.17, 15) is 9.90 Å². The third-order valence-corrected chi connectivity index (χ3v) is 3.26. The molecule has 0 aromatic heterocycles. The van der Waals surface area contributed by atoms with Crippen LogP contribution < -0.4 is 0 Å². The molecule has 3 nitrogen and oxygen atoms in total. The van der Waals surface area contributed by atoms with E-state index in [1.165, 1.54) is 0 Å². The number of aliphatic hydroxyl groups excluding tert-OH is 1. The molecular formula is C12H16O3. The molecule has 1 N–H and O–H groups in total. The summed E-state index contributed by atoms with van der Waals surface area (Å²) in [6, 6.07) is 0. The van der Waals surface area contributed by atoms with E-state index >= 15 is 0 Å². The van der Waals surface area contributed by atoms with Crippen molar-refractivity contribution in [1.29, 1.82) is 0 Å². The molecule has 0 radical (unpaired) electrons. The molecule has 15 heavy (non-hydrogen) atoms. The van der Waals surface area contributed by atoms with Crippen molar-refractivity contribution in [2.24, 2.45) is 0 Å². The van der Waals surface area contributed by atoms with Gasteiger partial charge in [-0.05, 0) is 25.7 Å². The maximum atomic E-state index is 11.6. The Morgan fingerprint density at radius 2 is 2.07 bits per heavy atom. The first-order valence-electron chi connectivity index (χ1n) is 5.46. The largest absolute Gasteiger partial charge is 0.507 e. The minimum absolute atomic E-state index is 0.159. The molecule has 0 saturated heterocycles. The number of rotatable bonds is 2. The Balaban J connectivity index is 2.29. The SMILES string of the molecule is C=CCC1=C(O)C2(CCCCC2)OC1=O. The van der Waals surface area contributed by atoms with E-state index in [1.807, 2.05) is 0 Å². The molecule has 0 aromatic carbocycles. The molecule has 1 fully saturated rings. The zero-order chi connectivity index (χ0) is 10.9. The van der Waals surface area contributed by atoms with Crippen LogP contribution in [0.5, 0.6) is 0 Å². The number of carbonyl (C=O) groups excluding carboxylic acids is 1. The predicted molar refractivity (Wildman–Crippen MR) is 56.4 cm³/mol. The highest BCUT2D eigenvalue weighted by Crippen LogP contribution is 2.43. The van der Waals surface area contributed by atoms with Crippen LogP contribution >= 0.6 is 0 Å². The predicted octanol–water partition coefficient (Wildman–Crippen LogP) is 2.63. The van der Waals surface area contributed by atoms with Gasteiger partial charge in [-0.25, -0.2) is 4.79 Å². The van der Waals surface area contributed by atoms with E-state index in [2.05, 4.69) is 6.58 Å². The summed E-state index contributed by atoms with van der Waals surface area (Å²) in [7, 11) is 0. The van der Waals surface area contributed by atoms with Crippen LogP contribution in [0.2, 0.25) is 0 Å². The monoisotopic (exact) mass is 208 g/mol. The molecule has 1 aliphatic heterocycles. The van der Waals surface area contributed by atoms with Crippen LogP contribution in [0.15, 0.2) is 24.0 Å². The van der Waals surface area contributed by atoms with Crippen molar-refractivity contribution in [3.8, 4) is 0 Å². The minimum Gasteiger partial charge on any atom is -0.507 e. The number of ether oxygens (including phenoxy) is 1. The van der Waals surface area contributed by atoms with E-state index in [0.717, 1.165) is 32.1 Å². The first-order valence-corrected chi connectivity index (χ1v) is 5.46. The highest BCUT2D eigenvalue weighted by atomic mass is 16.6. The summed E-state index contributed by atoms with van der Waals surface area (Å²) < 4.78 is 5.36. The molecule has 82 valence electrons. The van der Waals surface area contributed by atoms with Crippen molar-refractivity contribution in [2.75, 3.05) is 0 Å². The highest BCUT2D eigenvalue weighted by molar-refractivity contribution is 5.92. The second kappa shape index (κ2) is 3.72. The lowest BCUT2D eigenvalue weighted by Gasteiger charge is -2.31. The van der Waals surface area contributed by atoms with Crippen molar-refractivity contribution in [2.45, 2.75) is 44.1 Å². The lowest BCUT2D eigenvalue weighted by atomic mass is 9.83. The summed E-state index contributed by atoms with van der Waals surface area (Å²) in [5, 5.41) is 10.1. The molecule has 2 rings (SSSR count). The number of carbonyl (C=O) groups is 1. The Bertz CT molecular complexity index is 322. The van der Waals surface area contributed by atoms with Gasteiger partial charge in [0.25, 0.3) is 0 Å². The second-order valence-corrected chi connectivity index (χ2v) is 4.26. The fourth-order valence-electron chi connectivity index (χ4n) is 2.45. The van der Waals surface area contributed by atoms with Crippen LogP contribution in [0.1, 0.15) is 38.5 Å². The first-order chi connectivity index (χ1) is 7.19. The topological polar surface area (TPSA) is 46.5 Å². The minimum atomic E-state index is -0.687. The molecule has 0 unspecified atom stereocenters. The van der Waals surface area contributed by atoms with Gasteiger partial charge < -0.3 is 9.84 Å². The van der Waals surface area contributed by atoms with Gasteiger partial charge in [-0.3, -0.25) is 0 Å². The van der Waals surface area contributed by atoms with Gasteiger partial charge in [0.1, 0.15) is 5.76 Å². The summed E-state index contributed by atoms with van der Waals surface area (Å²) in [6.45, 7) is 3.57. The van der Waals surface area contributed by atoms with Crippen molar-refractivity contribution < 1.29 is 14.6 Å². The van der Waals surface area contributed by atoms with Gasteiger partial charge in [-0.15, -0.1) is 6.58 Å². The Hall–Kier alpha value is -1.25. The normalized spacial score (nSPS) is 24.4. The molecule has 1 saturated carbocycles. The van der Waals surface area contributed by atoms with Crippen LogP contribution in [0.25, 0.3) is 0 Å². The third kappa shape index (κ3) is 1.56. The zero-order valence-corrected chi connectivity index (χ0v) is 8.79. The summed E-state index contributed by atoms with van der Waals surface area (Å²) in [5.41, 5.74) is -0.292. The summed E-state index contributed by atoms with van der Waals surface area (Å²) >= 11 is 0. The number of hydrogen-bond donors (Lipinski definition) is 1. The van der Waals surface area contributed by atoms with E-state index in [4.69, 9.17) is 4.74 Å². The molecule has 0 aromatic rings. The Morgan fingerprint density at radius 1 is 1.40 bits per heavy atom. The van der Waals surface area contributed by atoms with Gasteiger partial charge in [0.05, 0.1) is 5.57 Å². The summed E-state index contributed by atoms with van der Waals surface area (Å²) in [6.07, 6.45) is 6.71. The van der Waals surface area contributed by atoms with Gasteiger partial charge in [0.2, 0.25) is 0 Å². The summed E-state index contributed by atoms with van der Waals surface area (Å²) in [5.74, 6) is -0.207. The van der Waals surface area contributed by atoms with Gasteiger partial charge in [0, 0.05) is 6.42 Å². The molecule has 1 spiro atoms. The zero-order valence-electron chi connectivity index (χ0n) is 8.79. The fraction of sp³-hybridized carbons (Fsp3) is 0.583. The fourth-order valence-corrected chi connectivity index (χ4v) is 2.45. The van der Waals surface area contributed by atoms with Crippen molar-refractivity contribution in [3.05, 3.63) is 24.0 Å². The van der Waals surface area contributed by atoms with E-state index in [-0.39, 0.29) is 11.7 Å². The first kappa shape index (κ1) is 10.3. The van der Waals surface area contributed by atoms with Crippen LogP contribution in [0.3, 0.4) is 0 Å². The van der Waals surface area contributed by atoms with Crippen LogP contribution in [0.4, 0.5) is 0 Å². The second-order valence-electron chi connectivity index (χ2n) is 4.26. The Kier molecular flexibility index (Phi) is 2.55. The number of hydrogen-bond acceptors (Lipinski definition) is 3. The number of esters is 1. The lowest BCUT2D eigenvalue weighted by Crippen LogP contribution is -2.34. The molecule has 2 aliphatic rings. The molecule has 0 amide bonds. The van der Waals surface area contributed by atoms with E-state index in [0.29, 0.717) is 12.0 Å². The van der Waals surface area contributed by atoms with Gasteiger partial charge in [-0.1, -0.05) is 12.5 Å².